The molecule has 0 spiro atoms. The van der Waals surface area contributed by atoms with Crippen LogP contribution in [0.25, 0.3) is 0 Å². The summed E-state index contributed by atoms with van der Waals surface area (Å²) in [5, 5.41) is 13.9. The largest absolute Gasteiger partial charge is 0.491 e. The number of hydrogen-bond donors (Lipinski definition) is 2. The predicted octanol–water partition coefficient (Wildman–Crippen LogP) is 3.50. The number of benzene rings is 2. The molecule has 2 rings (SSSR count). The molecule has 0 unspecified atom stereocenters. The Morgan fingerprint density at radius 2 is 1.84 bits per heavy atom. The zero-order chi connectivity index (χ0) is 18.1. The maximum Gasteiger partial charge on any atom is 0.162 e. The molecule has 0 aliphatic rings. The first-order chi connectivity index (χ1) is 12.1. The summed E-state index contributed by atoms with van der Waals surface area (Å²) in [6, 6.07) is 14.7. The lowest BCUT2D eigenvalue weighted by Crippen LogP contribution is -2.32. The normalized spacial score (nSPS) is 12.0. The van der Waals surface area contributed by atoms with Crippen LogP contribution in [0.15, 0.2) is 48.5 Å². The maximum atomic E-state index is 11.6. The third kappa shape index (κ3) is 6.86. The molecule has 134 valence electrons. The second-order valence-corrected chi connectivity index (χ2v) is 6.28. The summed E-state index contributed by atoms with van der Waals surface area (Å²) in [6.07, 6.45) is 0.764. The van der Waals surface area contributed by atoms with Crippen molar-refractivity contribution in [2.24, 2.45) is 0 Å². The van der Waals surface area contributed by atoms with E-state index >= 15 is 0 Å². The van der Waals surface area contributed by atoms with Gasteiger partial charge in [-0.1, -0.05) is 30.7 Å². The van der Waals surface area contributed by atoms with Gasteiger partial charge in [0, 0.05) is 23.6 Å². The van der Waals surface area contributed by atoms with E-state index in [0.29, 0.717) is 24.3 Å². The number of Topliss-reactive ketones (excluding diaryl/α,β-unsaturated/α-hetero) is 1. The summed E-state index contributed by atoms with van der Waals surface area (Å²) in [5.74, 6) is 0.754. The first-order valence-corrected chi connectivity index (χ1v) is 8.85. The molecule has 25 heavy (non-hydrogen) atoms. The SMILES string of the molecule is CCC(=O)c1ccc(OC[C@H](O)CNCCc2ccc(Cl)cc2)cc1. The van der Waals surface area contributed by atoms with Crippen LogP contribution in [0.3, 0.4) is 0 Å². The third-order valence-corrected chi connectivity index (χ3v) is 4.08. The Kier molecular flexibility index (Phi) is 7.92. The molecule has 0 bridgehead atoms. The third-order valence-electron chi connectivity index (χ3n) is 3.82. The van der Waals surface area contributed by atoms with Crippen molar-refractivity contribution in [3.63, 3.8) is 0 Å². The smallest absolute Gasteiger partial charge is 0.162 e. The predicted molar refractivity (Wildman–Crippen MR) is 101 cm³/mol. The molecule has 0 aliphatic heterocycles. The van der Waals surface area contributed by atoms with Gasteiger partial charge in [0.05, 0.1) is 0 Å². The first-order valence-electron chi connectivity index (χ1n) is 8.47. The topological polar surface area (TPSA) is 58.6 Å². The fraction of sp³-hybridized carbons (Fsp3) is 0.350. The van der Waals surface area contributed by atoms with Gasteiger partial charge in [-0.05, 0) is 54.9 Å². The molecular weight excluding hydrogens is 338 g/mol. The number of aliphatic hydroxyl groups excluding tert-OH is 1. The molecule has 0 aliphatic carbocycles. The summed E-state index contributed by atoms with van der Waals surface area (Å²) in [4.78, 5) is 11.6. The van der Waals surface area contributed by atoms with Crippen molar-refractivity contribution >= 4 is 17.4 Å². The number of carbonyl (C=O) groups is 1. The van der Waals surface area contributed by atoms with Gasteiger partial charge in [0.15, 0.2) is 5.78 Å². The van der Waals surface area contributed by atoms with Gasteiger partial charge in [-0.2, -0.15) is 0 Å². The van der Waals surface area contributed by atoms with Crippen LogP contribution < -0.4 is 10.1 Å². The Balaban J connectivity index is 1.64. The lowest BCUT2D eigenvalue weighted by molar-refractivity contribution is 0.0986. The van der Waals surface area contributed by atoms with Crippen LogP contribution in [0, 0.1) is 0 Å². The Bertz CT molecular complexity index is 656. The molecule has 0 radical (unpaired) electrons. The second-order valence-electron chi connectivity index (χ2n) is 5.85. The highest BCUT2D eigenvalue weighted by atomic mass is 35.5. The molecule has 2 aromatic carbocycles. The summed E-state index contributed by atoms with van der Waals surface area (Å²) < 4.78 is 5.55. The van der Waals surface area contributed by atoms with Crippen LogP contribution in [0.1, 0.15) is 29.3 Å². The van der Waals surface area contributed by atoms with E-state index in [0.717, 1.165) is 18.0 Å². The zero-order valence-corrected chi connectivity index (χ0v) is 15.1. The number of carbonyl (C=O) groups excluding carboxylic acids is 1. The van der Waals surface area contributed by atoms with Crippen LogP contribution >= 0.6 is 11.6 Å². The van der Waals surface area contributed by atoms with Crippen molar-refractivity contribution in [2.75, 3.05) is 19.7 Å². The van der Waals surface area contributed by atoms with Crippen molar-refractivity contribution in [1.29, 1.82) is 0 Å². The van der Waals surface area contributed by atoms with Crippen molar-refractivity contribution in [3.05, 3.63) is 64.7 Å². The summed E-state index contributed by atoms with van der Waals surface area (Å²) in [5.41, 5.74) is 1.88. The average molecular weight is 362 g/mol. The Labute approximate surface area is 153 Å². The fourth-order valence-corrected chi connectivity index (χ4v) is 2.47. The van der Waals surface area contributed by atoms with E-state index in [1.54, 1.807) is 24.3 Å². The standard InChI is InChI=1S/C20H24ClNO3/c1-2-20(24)16-5-9-19(10-6-16)25-14-18(23)13-22-12-11-15-3-7-17(21)8-4-15/h3-10,18,22-23H,2,11-14H2,1H3/t18-/m1/s1. The second kappa shape index (κ2) is 10.2. The van der Waals surface area contributed by atoms with Gasteiger partial charge in [-0.25, -0.2) is 0 Å². The average Bonchev–Trinajstić information content (AvgIpc) is 2.64. The lowest BCUT2D eigenvalue weighted by atomic mass is 10.1. The van der Waals surface area contributed by atoms with Crippen molar-refractivity contribution in [1.82, 2.24) is 5.32 Å². The van der Waals surface area contributed by atoms with Crippen molar-refractivity contribution in [3.8, 4) is 5.75 Å². The van der Waals surface area contributed by atoms with Gasteiger partial charge in [0.25, 0.3) is 0 Å². The van der Waals surface area contributed by atoms with E-state index in [1.807, 2.05) is 31.2 Å². The van der Waals surface area contributed by atoms with Gasteiger partial charge >= 0.3 is 0 Å². The van der Waals surface area contributed by atoms with Crippen molar-refractivity contribution < 1.29 is 14.6 Å². The van der Waals surface area contributed by atoms with Crippen LogP contribution in [-0.4, -0.2) is 36.7 Å². The minimum Gasteiger partial charge on any atom is -0.491 e. The maximum absolute atomic E-state index is 11.6. The van der Waals surface area contributed by atoms with Gasteiger partial charge in [-0.3, -0.25) is 4.79 Å². The number of nitrogens with one attached hydrogen (secondary N) is 1. The number of aliphatic hydroxyl groups is 1. The first kappa shape index (κ1) is 19.4. The molecule has 1 atom stereocenters. The number of hydrogen-bond acceptors (Lipinski definition) is 4. The highest BCUT2D eigenvalue weighted by Gasteiger charge is 2.06. The van der Waals surface area contributed by atoms with Gasteiger partial charge < -0.3 is 15.2 Å². The van der Waals surface area contributed by atoms with Gasteiger partial charge in [0.1, 0.15) is 18.5 Å². The van der Waals surface area contributed by atoms with E-state index in [2.05, 4.69) is 5.32 Å². The van der Waals surface area contributed by atoms with Crippen LogP contribution in [0.4, 0.5) is 0 Å². The zero-order valence-electron chi connectivity index (χ0n) is 14.4. The monoisotopic (exact) mass is 361 g/mol. The summed E-state index contributed by atoms with van der Waals surface area (Å²) in [6.45, 7) is 3.27. The van der Waals surface area contributed by atoms with E-state index in [1.165, 1.54) is 5.56 Å². The van der Waals surface area contributed by atoms with Crippen LogP contribution in [-0.2, 0) is 6.42 Å². The molecule has 5 heteroatoms. The Morgan fingerprint density at radius 3 is 2.48 bits per heavy atom. The molecule has 2 aromatic rings. The molecule has 0 saturated carbocycles. The van der Waals surface area contributed by atoms with Crippen LogP contribution in [0.2, 0.25) is 5.02 Å². The molecule has 0 saturated heterocycles. The van der Waals surface area contributed by atoms with Gasteiger partial charge in [0.2, 0.25) is 0 Å². The molecular formula is C20H24ClNO3. The molecule has 0 heterocycles. The van der Waals surface area contributed by atoms with Crippen molar-refractivity contribution in [2.45, 2.75) is 25.9 Å². The summed E-state index contributed by atoms with van der Waals surface area (Å²) in [7, 11) is 0. The van der Waals surface area contributed by atoms with E-state index in [9.17, 15) is 9.90 Å². The lowest BCUT2D eigenvalue weighted by Gasteiger charge is -2.13. The van der Waals surface area contributed by atoms with E-state index in [-0.39, 0.29) is 12.4 Å². The number of rotatable bonds is 10. The number of ether oxygens (including phenoxy) is 1. The minimum atomic E-state index is -0.595. The molecule has 0 amide bonds. The minimum absolute atomic E-state index is 0.108. The fourth-order valence-electron chi connectivity index (χ4n) is 2.34. The Morgan fingerprint density at radius 1 is 1.16 bits per heavy atom. The summed E-state index contributed by atoms with van der Waals surface area (Å²) >= 11 is 5.85. The molecule has 0 fully saturated rings. The van der Waals surface area contributed by atoms with E-state index < -0.39 is 6.10 Å². The molecule has 2 N–H and O–H groups in total. The highest BCUT2D eigenvalue weighted by molar-refractivity contribution is 6.30. The van der Waals surface area contributed by atoms with Gasteiger partial charge in [-0.15, -0.1) is 0 Å². The quantitative estimate of drug-likeness (QED) is 0.502. The molecule has 4 nitrogen and oxygen atoms in total. The molecule has 0 aromatic heterocycles. The highest BCUT2D eigenvalue weighted by Crippen LogP contribution is 2.13. The Hall–Kier alpha value is -1.88. The van der Waals surface area contributed by atoms with E-state index in [4.69, 9.17) is 16.3 Å². The van der Waals surface area contributed by atoms with Crippen LogP contribution in [0.5, 0.6) is 5.75 Å². The number of halogens is 1. The number of ketones is 1.